The Bertz CT molecular complexity index is 963. The summed E-state index contributed by atoms with van der Waals surface area (Å²) in [5.74, 6) is 2.45. The second-order valence-corrected chi connectivity index (χ2v) is 8.73. The summed E-state index contributed by atoms with van der Waals surface area (Å²) >= 11 is 1.57. The fourth-order valence-electron chi connectivity index (χ4n) is 4.30. The van der Waals surface area contributed by atoms with Gasteiger partial charge in [0.15, 0.2) is 17.3 Å². The summed E-state index contributed by atoms with van der Waals surface area (Å²) in [5.41, 5.74) is 1.54. The Hall–Kier alpha value is -2.35. The van der Waals surface area contributed by atoms with Gasteiger partial charge in [-0.1, -0.05) is 31.0 Å². The lowest BCUT2D eigenvalue weighted by molar-refractivity contribution is 0.324. The molecule has 156 valence electrons. The maximum absolute atomic E-state index is 13.0. The molecule has 0 spiro atoms. The minimum Gasteiger partial charge on any atom is -0.493 e. The minimum atomic E-state index is -0.190. The van der Waals surface area contributed by atoms with Crippen molar-refractivity contribution in [1.82, 2.24) is 9.78 Å². The molecule has 2 heterocycles. The fourth-order valence-corrected chi connectivity index (χ4v) is 5.38. The van der Waals surface area contributed by atoms with Crippen molar-refractivity contribution < 1.29 is 14.2 Å². The van der Waals surface area contributed by atoms with Crippen LogP contribution in [-0.4, -0.2) is 36.2 Å². The molecule has 1 aliphatic carbocycles. The number of nitrogens with zero attached hydrogens (tertiary/aromatic N) is 2. The average molecular weight is 418 g/mol. The maximum Gasteiger partial charge on any atom is 0.271 e. The Kier molecular flexibility index (Phi) is 5.63. The number of methoxy groups -OCH3 is 3. The summed E-state index contributed by atoms with van der Waals surface area (Å²) in [5, 5.41) is 3.82. The number of rotatable bonds is 5. The van der Waals surface area contributed by atoms with Gasteiger partial charge in [-0.25, -0.2) is 4.99 Å². The lowest BCUT2D eigenvalue weighted by atomic mass is 9.95. The third-order valence-corrected chi connectivity index (χ3v) is 6.86. The molecule has 4 rings (SSSR count). The number of aliphatic imine (C=N–C) groups is 1. The van der Waals surface area contributed by atoms with Crippen molar-refractivity contribution >= 4 is 22.6 Å². The van der Waals surface area contributed by atoms with Crippen LogP contribution in [0.5, 0.6) is 17.2 Å². The van der Waals surface area contributed by atoms with Gasteiger partial charge in [0.05, 0.1) is 43.2 Å². The molecule has 2 aromatic rings. The van der Waals surface area contributed by atoms with E-state index in [2.05, 4.69) is 5.10 Å². The highest BCUT2D eigenvalue weighted by atomic mass is 32.2. The molecule has 2 aliphatic rings. The number of hydrogen-bond donors (Lipinski definition) is 1. The van der Waals surface area contributed by atoms with Crippen LogP contribution in [0.4, 0.5) is 5.82 Å². The molecule has 1 aromatic carbocycles. The Balaban J connectivity index is 1.83. The highest BCUT2D eigenvalue weighted by molar-refractivity contribution is 8.14. The molecule has 8 heteroatoms. The Morgan fingerprint density at radius 1 is 1.07 bits per heavy atom. The number of aromatic nitrogens is 2. The van der Waals surface area contributed by atoms with Gasteiger partial charge in [-0.15, -0.1) is 0 Å². The molecular formula is C21H27N3O4S. The minimum absolute atomic E-state index is 0.0759. The fraction of sp³-hybridized carbons (Fsp3) is 0.524. The predicted octanol–water partition coefficient (Wildman–Crippen LogP) is 4.59. The first-order valence-electron chi connectivity index (χ1n) is 9.93. The molecule has 29 heavy (non-hydrogen) atoms. The molecule has 1 atom stereocenters. The zero-order valence-electron chi connectivity index (χ0n) is 17.3. The van der Waals surface area contributed by atoms with Crippen molar-refractivity contribution in [2.75, 3.05) is 21.3 Å². The van der Waals surface area contributed by atoms with Crippen LogP contribution in [0.25, 0.3) is 0 Å². The zero-order valence-corrected chi connectivity index (χ0v) is 18.1. The van der Waals surface area contributed by atoms with Crippen LogP contribution >= 0.6 is 11.8 Å². The van der Waals surface area contributed by atoms with Gasteiger partial charge >= 0.3 is 0 Å². The second kappa shape index (κ2) is 8.18. The van der Waals surface area contributed by atoms with Crippen molar-refractivity contribution in [3.8, 4) is 17.2 Å². The summed E-state index contributed by atoms with van der Waals surface area (Å²) in [4.78, 5) is 17.8. The van der Waals surface area contributed by atoms with Crippen LogP contribution in [0.1, 0.15) is 61.4 Å². The molecule has 1 aliphatic heterocycles. The lowest BCUT2D eigenvalue weighted by Crippen LogP contribution is -2.16. The molecular weight excluding hydrogens is 390 g/mol. The Labute approximate surface area is 174 Å². The number of ether oxygens (including phenoxy) is 3. The van der Waals surface area contributed by atoms with Crippen LogP contribution in [-0.2, 0) is 0 Å². The topological polar surface area (TPSA) is 77.8 Å². The monoisotopic (exact) mass is 417 g/mol. The number of benzene rings is 1. The van der Waals surface area contributed by atoms with E-state index in [1.807, 2.05) is 23.7 Å². The van der Waals surface area contributed by atoms with E-state index in [1.165, 1.54) is 19.3 Å². The van der Waals surface area contributed by atoms with Crippen molar-refractivity contribution in [1.29, 1.82) is 0 Å². The van der Waals surface area contributed by atoms with E-state index in [9.17, 15) is 4.79 Å². The zero-order chi connectivity index (χ0) is 20.5. The smallest absolute Gasteiger partial charge is 0.271 e. The van der Waals surface area contributed by atoms with Crippen LogP contribution < -0.4 is 19.8 Å². The van der Waals surface area contributed by atoms with Crippen molar-refractivity contribution in [3.05, 3.63) is 33.6 Å². The van der Waals surface area contributed by atoms with E-state index in [-0.39, 0.29) is 10.8 Å². The van der Waals surface area contributed by atoms with Crippen molar-refractivity contribution in [2.45, 2.75) is 50.3 Å². The highest BCUT2D eigenvalue weighted by Gasteiger charge is 2.33. The molecule has 7 nitrogen and oxygen atoms in total. The summed E-state index contributed by atoms with van der Waals surface area (Å²) in [6.07, 6.45) is 5.79. The Morgan fingerprint density at radius 2 is 1.72 bits per heavy atom. The van der Waals surface area contributed by atoms with Crippen LogP contribution in [0, 0.1) is 0 Å². The number of hydrogen-bond acceptors (Lipinski definition) is 6. The van der Waals surface area contributed by atoms with Gasteiger partial charge in [-0.05, 0) is 37.5 Å². The third-order valence-electron chi connectivity index (χ3n) is 5.68. The molecule has 0 bridgehead atoms. The van der Waals surface area contributed by atoms with Gasteiger partial charge in [-0.2, -0.15) is 0 Å². The second-order valence-electron chi connectivity index (χ2n) is 7.43. The van der Waals surface area contributed by atoms with Crippen LogP contribution in [0.15, 0.2) is 21.9 Å². The first-order valence-corrected chi connectivity index (χ1v) is 10.8. The molecule has 0 saturated heterocycles. The molecule has 1 saturated carbocycles. The number of fused-ring (bicyclic) bond motifs is 1. The number of H-pyrrole nitrogens is 1. The van der Waals surface area contributed by atoms with E-state index in [0.29, 0.717) is 28.9 Å². The standard InChI is InChI=1S/C21H27N3O4S/c1-12-22-20-17(21(25)23-24(20)14-8-6-5-7-9-14)19(29-12)13-10-15(26-2)18(28-4)16(11-13)27-3/h10-11,14,19H,5-9H2,1-4H3,(H,23,25). The SMILES string of the molecule is COc1cc(C2SC(C)=Nc3c2c(=O)[nH]n3C2CCCCC2)cc(OC)c1OC. The molecule has 1 aromatic heterocycles. The summed E-state index contributed by atoms with van der Waals surface area (Å²) in [7, 11) is 4.78. The normalized spacial score (nSPS) is 19.4. The molecule has 0 radical (unpaired) electrons. The van der Waals surface area contributed by atoms with Gasteiger partial charge in [0.2, 0.25) is 5.75 Å². The Morgan fingerprint density at radius 3 is 2.31 bits per heavy atom. The molecule has 1 N–H and O–H groups in total. The first kappa shape index (κ1) is 19.9. The van der Waals surface area contributed by atoms with Crippen molar-refractivity contribution in [3.63, 3.8) is 0 Å². The van der Waals surface area contributed by atoms with Crippen molar-refractivity contribution in [2.24, 2.45) is 4.99 Å². The maximum atomic E-state index is 13.0. The van der Waals surface area contributed by atoms with Crippen LogP contribution in [0.3, 0.4) is 0 Å². The lowest BCUT2D eigenvalue weighted by Gasteiger charge is -2.26. The molecule has 1 unspecified atom stereocenters. The predicted molar refractivity (Wildman–Crippen MR) is 115 cm³/mol. The summed E-state index contributed by atoms with van der Waals surface area (Å²) < 4.78 is 18.5. The number of nitrogens with one attached hydrogen (secondary N) is 1. The first-order chi connectivity index (χ1) is 14.1. The quantitative estimate of drug-likeness (QED) is 0.770. The van der Waals surface area contributed by atoms with Gasteiger partial charge in [0.25, 0.3) is 5.56 Å². The average Bonchev–Trinajstić information content (AvgIpc) is 3.08. The van der Waals surface area contributed by atoms with Gasteiger partial charge in [0, 0.05) is 0 Å². The summed E-state index contributed by atoms with van der Waals surface area (Å²) in [6.45, 7) is 1.99. The van der Waals surface area contributed by atoms with E-state index in [0.717, 1.165) is 29.3 Å². The largest absolute Gasteiger partial charge is 0.493 e. The molecule has 0 amide bonds. The van der Waals surface area contributed by atoms with Gasteiger partial charge in [0.1, 0.15) is 0 Å². The highest BCUT2D eigenvalue weighted by Crippen LogP contribution is 2.48. The van der Waals surface area contributed by atoms with Gasteiger partial charge < -0.3 is 14.2 Å². The number of aromatic amines is 1. The molecule has 1 fully saturated rings. The van der Waals surface area contributed by atoms with E-state index in [4.69, 9.17) is 19.2 Å². The van der Waals surface area contributed by atoms with E-state index < -0.39 is 0 Å². The van der Waals surface area contributed by atoms with Crippen LogP contribution in [0.2, 0.25) is 0 Å². The van der Waals surface area contributed by atoms with Gasteiger partial charge in [-0.3, -0.25) is 14.6 Å². The number of thioether (sulfide) groups is 1. The summed E-state index contributed by atoms with van der Waals surface area (Å²) in [6, 6.07) is 4.14. The third kappa shape index (κ3) is 3.54. The van der Waals surface area contributed by atoms with E-state index >= 15 is 0 Å². The van der Waals surface area contributed by atoms with E-state index in [1.54, 1.807) is 33.1 Å².